The molecule has 3 fully saturated rings. The highest BCUT2D eigenvalue weighted by atomic mass is 16.7. The van der Waals surface area contributed by atoms with Crippen LogP contribution in [-0.4, -0.2) is 143 Å². The number of carboxylic acids is 1. The van der Waals surface area contributed by atoms with Crippen molar-refractivity contribution in [2.75, 3.05) is 26.4 Å². The molecule has 6 aliphatic heterocycles. The number of Topliss-reactive ketones (excluding diaryl/α,β-unsaturated/α-hetero) is 3. The summed E-state index contributed by atoms with van der Waals surface area (Å²) < 4.78 is 48.8. The van der Waals surface area contributed by atoms with Gasteiger partial charge in [0.25, 0.3) is 11.7 Å². The number of phenols is 1. The summed E-state index contributed by atoms with van der Waals surface area (Å²) in [6, 6.07) is 0. The monoisotopic (exact) mass is 1050 g/mol. The number of aliphatic hydroxyl groups is 1. The van der Waals surface area contributed by atoms with E-state index in [1.54, 1.807) is 39.8 Å². The number of rotatable bonds is 10. The number of likely N-dealkylation sites (tertiary alicyclic amines) is 1. The van der Waals surface area contributed by atoms with Crippen molar-refractivity contribution >= 4 is 41.2 Å². The van der Waals surface area contributed by atoms with E-state index in [1.165, 1.54) is 60.0 Å². The minimum absolute atomic E-state index is 0.0318. The summed E-state index contributed by atoms with van der Waals surface area (Å²) in [4.78, 5) is 98.7. The number of nitrogens with one attached hydrogen (secondary N) is 1. The minimum atomic E-state index is -2.17. The fourth-order valence-corrected chi connectivity index (χ4v) is 10.9. The summed E-state index contributed by atoms with van der Waals surface area (Å²) in [7, 11) is 0. The molecule has 0 saturated carbocycles. The molecule has 5 bridgehead atoms. The number of ether oxygens (including phenoxy) is 8. The van der Waals surface area contributed by atoms with Crippen LogP contribution in [0.1, 0.15) is 138 Å². The number of phenolic OH excluding ortho intramolecular Hbond substituents is 1. The van der Waals surface area contributed by atoms with E-state index in [0.717, 1.165) is 12.8 Å². The Labute approximate surface area is 436 Å². The molecule has 1 unspecified atom stereocenters. The normalized spacial score (nSPS) is 33.9. The van der Waals surface area contributed by atoms with E-state index in [4.69, 9.17) is 37.9 Å². The lowest BCUT2D eigenvalue weighted by molar-refractivity contribution is -0.246. The van der Waals surface area contributed by atoms with Crippen molar-refractivity contribution in [3.63, 3.8) is 0 Å². The number of ketones is 3. The van der Waals surface area contributed by atoms with Crippen LogP contribution in [-0.2, 0) is 52.3 Å². The standard InChI is InChI=1S/C55H72N2O18/c1-26-15-14-16-34(31(6)72-53(67)54(9,10)23-38(59)60)21-27(2)44(61)29(4)48(73-33(8)58)28(3)36(74-39-22-37-50(32(7)71-39)69-25-68-37)17-20-70-55(11)51(65)42-40-41(45(62)30(5)49(42)75-55)47(64)43(56-52(26)66)35(46(40)63)24-57-18-12-13-19-57/h14-17,20,27-29,31-32,34,36-37,39,44,48,50,61-62H,12-13,18-19,21-25H2,1-11H3,(H,56,66)(H,59,60)/b16-14+,20-17+,26-15-/t27-,28-,29-,31?,32-,34+,36+,37+,39+,44-,48-,50-,55+/m1/s1. The van der Waals surface area contributed by atoms with Crippen LogP contribution in [0, 0.1) is 36.0 Å². The Morgan fingerprint density at radius 3 is 2.32 bits per heavy atom. The van der Waals surface area contributed by atoms with Crippen molar-refractivity contribution in [3.05, 3.63) is 69.7 Å². The fourth-order valence-electron chi connectivity index (χ4n) is 10.9. The molecule has 1 aliphatic carbocycles. The van der Waals surface area contributed by atoms with Crippen LogP contribution >= 0.6 is 0 Å². The molecule has 75 heavy (non-hydrogen) atoms. The Morgan fingerprint density at radius 2 is 1.65 bits per heavy atom. The van der Waals surface area contributed by atoms with E-state index >= 15 is 0 Å². The zero-order valence-electron chi connectivity index (χ0n) is 44.6. The quantitative estimate of drug-likeness (QED) is 0.202. The van der Waals surface area contributed by atoms with Gasteiger partial charge in [-0.05, 0) is 85.9 Å². The molecule has 0 aromatic heterocycles. The lowest BCUT2D eigenvalue weighted by atomic mass is 9.78. The Balaban J connectivity index is 1.34. The molecule has 3 saturated heterocycles. The molecule has 1 amide bonds. The second kappa shape index (κ2) is 22.8. The van der Waals surface area contributed by atoms with Gasteiger partial charge in [0.15, 0.2) is 12.1 Å². The number of aliphatic hydroxyl groups excluding tert-OH is 1. The molecule has 0 spiro atoms. The molecule has 410 valence electrons. The lowest BCUT2D eigenvalue weighted by Gasteiger charge is -2.40. The molecular weight excluding hydrogens is 977 g/mol. The first-order valence-corrected chi connectivity index (χ1v) is 25.8. The van der Waals surface area contributed by atoms with Gasteiger partial charge in [0.05, 0.1) is 64.9 Å². The van der Waals surface area contributed by atoms with Gasteiger partial charge < -0.3 is 58.5 Å². The van der Waals surface area contributed by atoms with Crippen LogP contribution in [0.15, 0.2) is 47.4 Å². The van der Waals surface area contributed by atoms with Gasteiger partial charge in [-0.3, -0.25) is 38.5 Å². The van der Waals surface area contributed by atoms with E-state index in [-0.39, 0.29) is 77.7 Å². The third kappa shape index (κ3) is 12.0. The highest BCUT2D eigenvalue weighted by Gasteiger charge is 2.53. The van der Waals surface area contributed by atoms with Crippen LogP contribution in [0.5, 0.6) is 11.5 Å². The Bertz CT molecular complexity index is 2570. The van der Waals surface area contributed by atoms with Crippen LogP contribution in [0.3, 0.4) is 0 Å². The molecular formula is C55H72N2O18. The number of allylic oxidation sites excluding steroid dienone is 3. The number of carboxylic acid groups (broad SMARTS) is 1. The number of carbonyl (C=O) groups excluding carboxylic acids is 6. The van der Waals surface area contributed by atoms with Crippen LogP contribution < -0.4 is 10.1 Å². The molecule has 8 rings (SSSR count). The van der Waals surface area contributed by atoms with Gasteiger partial charge in [-0.2, -0.15) is 0 Å². The lowest BCUT2D eigenvalue weighted by Crippen LogP contribution is -2.49. The fraction of sp³-hybridized carbons (Fsp3) is 0.618. The second-order valence-corrected chi connectivity index (χ2v) is 21.7. The maximum Gasteiger partial charge on any atom is 0.312 e. The van der Waals surface area contributed by atoms with E-state index in [9.17, 15) is 48.9 Å². The van der Waals surface area contributed by atoms with Crippen molar-refractivity contribution in [2.24, 2.45) is 29.1 Å². The number of fused-ring (bicyclic) bond motifs is 15. The number of aromatic hydroxyl groups is 1. The van der Waals surface area contributed by atoms with E-state index in [2.05, 4.69) is 5.32 Å². The van der Waals surface area contributed by atoms with Crippen LogP contribution in [0.25, 0.3) is 0 Å². The number of hydrogen-bond donors (Lipinski definition) is 4. The maximum atomic E-state index is 15.0. The summed E-state index contributed by atoms with van der Waals surface area (Å²) in [6.07, 6.45) is 2.72. The largest absolute Gasteiger partial charge is 0.507 e. The molecule has 20 heteroatoms. The topological polar surface area (TPSA) is 269 Å². The van der Waals surface area contributed by atoms with Crippen molar-refractivity contribution in [1.29, 1.82) is 0 Å². The van der Waals surface area contributed by atoms with Crippen molar-refractivity contribution < 1.29 is 86.8 Å². The summed E-state index contributed by atoms with van der Waals surface area (Å²) in [5.74, 6) is -11.7. The molecule has 4 N–H and O–H groups in total. The Kier molecular flexibility index (Phi) is 17.3. The summed E-state index contributed by atoms with van der Waals surface area (Å²) in [5.41, 5.74) is -2.94. The smallest absolute Gasteiger partial charge is 0.312 e. The number of nitrogens with zero attached hydrogens (tertiary/aromatic N) is 1. The zero-order chi connectivity index (χ0) is 55.0. The zero-order valence-corrected chi connectivity index (χ0v) is 44.6. The molecule has 6 heterocycles. The van der Waals surface area contributed by atoms with Crippen molar-refractivity contribution in [2.45, 2.75) is 163 Å². The van der Waals surface area contributed by atoms with Crippen molar-refractivity contribution in [3.8, 4) is 11.5 Å². The van der Waals surface area contributed by atoms with Crippen LogP contribution in [0.2, 0.25) is 0 Å². The first-order chi connectivity index (χ1) is 35.2. The van der Waals surface area contributed by atoms with E-state index in [1.807, 2.05) is 11.8 Å². The predicted octanol–water partition coefficient (Wildman–Crippen LogP) is 5.78. The molecule has 1 aromatic rings. The van der Waals surface area contributed by atoms with Gasteiger partial charge in [0.1, 0.15) is 36.6 Å². The first kappa shape index (κ1) is 56.9. The number of esters is 2. The molecule has 7 aliphatic rings. The summed E-state index contributed by atoms with van der Waals surface area (Å²) in [5, 5.41) is 36.2. The highest BCUT2D eigenvalue weighted by molar-refractivity contribution is 6.32. The molecule has 13 atom stereocenters. The van der Waals surface area contributed by atoms with Gasteiger partial charge in [0.2, 0.25) is 5.78 Å². The van der Waals surface area contributed by atoms with E-state index in [0.29, 0.717) is 13.1 Å². The van der Waals surface area contributed by atoms with Crippen molar-refractivity contribution in [1.82, 2.24) is 10.2 Å². The number of benzene rings is 1. The van der Waals surface area contributed by atoms with Gasteiger partial charge in [0, 0.05) is 61.3 Å². The van der Waals surface area contributed by atoms with Gasteiger partial charge in [-0.1, -0.05) is 39.0 Å². The molecule has 0 radical (unpaired) electrons. The molecule has 1 aromatic carbocycles. The predicted molar refractivity (Wildman–Crippen MR) is 266 cm³/mol. The molecule has 20 nitrogen and oxygen atoms in total. The second-order valence-electron chi connectivity index (χ2n) is 21.7. The van der Waals surface area contributed by atoms with Gasteiger partial charge >= 0.3 is 23.7 Å². The summed E-state index contributed by atoms with van der Waals surface area (Å²) in [6.45, 7) is 18.3. The Hall–Kier alpha value is -5.77. The number of carbonyl (C=O) groups is 7. The minimum Gasteiger partial charge on any atom is -0.507 e. The summed E-state index contributed by atoms with van der Waals surface area (Å²) >= 11 is 0. The third-order valence-corrected chi connectivity index (χ3v) is 15.4. The average Bonchev–Trinajstić information content (AvgIpc) is 4.10. The van der Waals surface area contributed by atoms with Crippen LogP contribution in [0.4, 0.5) is 0 Å². The number of hydrogen-bond acceptors (Lipinski definition) is 18. The average molecular weight is 1050 g/mol. The van der Waals surface area contributed by atoms with Gasteiger partial charge in [-0.15, -0.1) is 0 Å². The van der Waals surface area contributed by atoms with Gasteiger partial charge in [-0.25, -0.2) is 0 Å². The van der Waals surface area contributed by atoms with E-state index < -0.39 is 131 Å². The Morgan fingerprint density at radius 1 is 0.960 bits per heavy atom. The SMILES string of the molecule is CC(=O)O[C@H]1[C@H](C)[C@H](O)[C@H](C)C[C@@H](C(C)OC(=O)C(C)(C)CC(=O)O)/C=C/C=C(/C)C(=O)NC2=C(CN3CCCC3)C(=O)c3c(c(O)c(C)c4c3C(=O)[C@@](C)(O/C=C/[C@H](O[C@H]3C[C@@H]5OCO[C@@H]5[C@@H](C)O3)[C@H]1C)O4)C2=O. The first-order valence-electron chi connectivity index (χ1n) is 25.8. The highest BCUT2D eigenvalue weighted by Crippen LogP contribution is 2.49. The third-order valence-electron chi connectivity index (χ3n) is 15.4. The number of aliphatic carboxylic acids is 1. The number of amides is 1. The maximum absolute atomic E-state index is 15.0.